The van der Waals surface area contributed by atoms with E-state index in [-0.39, 0.29) is 0 Å². The maximum atomic E-state index is 10.1. The van der Waals surface area contributed by atoms with Crippen molar-refractivity contribution >= 4 is 0 Å². The van der Waals surface area contributed by atoms with Crippen molar-refractivity contribution in [2.45, 2.75) is 63.1 Å². The van der Waals surface area contributed by atoms with E-state index >= 15 is 0 Å². The molecular weight excluding hydrogens is 164 g/mol. The van der Waals surface area contributed by atoms with Crippen LogP contribution in [0.25, 0.3) is 0 Å². The SMILES string of the molecule is OC(CC1CCC1)C1(O)CCCC1. The van der Waals surface area contributed by atoms with Gasteiger partial charge in [-0.05, 0) is 25.2 Å². The van der Waals surface area contributed by atoms with Crippen molar-refractivity contribution in [3.63, 3.8) is 0 Å². The Morgan fingerprint density at radius 2 is 1.77 bits per heavy atom. The predicted octanol–water partition coefficient (Wildman–Crippen LogP) is 1.84. The van der Waals surface area contributed by atoms with Gasteiger partial charge in [0.25, 0.3) is 0 Å². The Bertz CT molecular complexity index is 169. The molecule has 0 bridgehead atoms. The summed E-state index contributed by atoms with van der Waals surface area (Å²) in [4.78, 5) is 0. The summed E-state index contributed by atoms with van der Waals surface area (Å²) >= 11 is 0. The van der Waals surface area contributed by atoms with E-state index in [1.54, 1.807) is 0 Å². The zero-order valence-electron chi connectivity index (χ0n) is 8.21. The average Bonchev–Trinajstić information content (AvgIpc) is 2.45. The Balaban J connectivity index is 1.83. The molecule has 76 valence electrons. The van der Waals surface area contributed by atoms with Crippen LogP contribution in [0.3, 0.4) is 0 Å². The monoisotopic (exact) mass is 184 g/mol. The highest BCUT2D eigenvalue weighted by Gasteiger charge is 2.39. The van der Waals surface area contributed by atoms with Crippen LogP contribution >= 0.6 is 0 Å². The molecule has 0 radical (unpaired) electrons. The first-order chi connectivity index (χ1) is 6.21. The van der Waals surface area contributed by atoms with E-state index in [0.29, 0.717) is 5.92 Å². The molecule has 0 heterocycles. The molecule has 0 saturated heterocycles. The van der Waals surface area contributed by atoms with E-state index < -0.39 is 11.7 Å². The summed E-state index contributed by atoms with van der Waals surface area (Å²) in [5.41, 5.74) is -0.727. The fourth-order valence-corrected chi connectivity index (χ4v) is 2.58. The van der Waals surface area contributed by atoms with Crippen molar-refractivity contribution in [2.75, 3.05) is 0 Å². The summed E-state index contributed by atoms with van der Waals surface area (Å²) in [5, 5.41) is 20.0. The molecule has 0 amide bonds. The zero-order chi connectivity index (χ0) is 9.31. The summed E-state index contributed by atoms with van der Waals surface area (Å²) in [6, 6.07) is 0. The van der Waals surface area contributed by atoms with Crippen LogP contribution in [0.4, 0.5) is 0 Å². The summed E-state index contributed by atoms with van der Waals surface area (Å²) in [7, 11) is 0. The molecule has 2 heteroatoms. The first-order valence-corrected chi connectivity index (χ1v) is 5.61. The van der Waals surface area contributed by atoms with Gasteiger partial charge in [0.1, 0.15) is 0 Å². The third kappa shape index (κ3) is 1.89. The molecule has 2 nitrogen and oxygen atoms in total. The standard InChI is InChI=1S/C11H20O2/c12-10(8-9-4-3-5-9)11(13)6-1-2-7-11/h9-10,12-13H,1-8H2. The fraction of sp³-hybridized carbons (Fsp3) is 1.00. The second kappa shape index (κ2) is 3.58. The number of aliphatic hydroxyl groups excluding tert-OH is 1. The Morgan fingerprint density at radius 1 is 1.15 bits per heavy atom. The Hall–Kier alpha value is -0.0800. The maximum absolute atomic E-state index is 10.1. The number of hydrogen-bond acceptors (Lipinski definition) is 2. The minimum Gasteiger partial charge on any atom is -0.390 e. The topological polar surface area (TPSA) is 40.5 Å². The minimum atomic E-state index is -0.727. The fourth-order valence-electron chi connectivity index (χ4n) is 2.58. The van der Waals surface area contributed by atoms with Gasteiger partial charge in [-0.25, -0.2) is 0 Å². The van der Waals surface area contributed by atoms with Crippen molar-refractivity contribution in [1.82, 2.24) is 0 Å². The second-order valence-electron chi connectivity index (χ2n) is 4.86. The highest BCUT2D eigenvalue weighted by Crippen LogP contribution is 2.38. The van der Waals surface area contributed by atoms with Crippen molar-refractivity contribution in [3.8, 4) is 0 Å². The molecule has 2 saturated carbocycles. The lowest BCUT2D eigenvalue weighted by molar-refractivity contribution is -0.0829. The van der Waals surface area contributed by atoms with Crippen LogP contribution in [0.1, 0.15) is 51.4 Å². The van der Waals surface area contributed by atoms with E-state index in [1.807, 2.05) is 0 Å². The lowest BCUT2D eigenvalue weighted by atomic mass is 9.78. The molecule has 0 aromatic heterocycles. The first kappa shape index (κ1) is 9.47. The molecule has 0 spiro atoms. The Labute approximate surface area is 80.0 Å². The molecule has 0 aromatic carbocycles. The number of aliphatic hydroxyl groups is 2. The minimum absolute atomic E-state index is 0.458. The smallest absolute Gasteiger partial charge is 0.0905 e. The molecule has 1 unspecified atom stereocenters. The van der Waals surface area contributed by atoms with E-state index in [0.717, 1.165) is 32.1 Å². The van der Waals surface area contributed by atoms with Crippen LogP contribution < -0.4 is 0 Å². The zero-order valence-corrected chi connectivity index (χ0v) is 8.21. The van der Waals surface area contributed by atoms with E-state index in [2.05, 4.69) is 0 Å². The van der Waals surface area contributed by atoms with Gasteiger partial charge in [-0.1, -0.05) is 32.1 Å². The summed E-state index contributed by atoms with van der Waals surface area (Å²) < 4.78 is 0. The van der Waals surface area contributed by atoms with Crippen molar-refractivity contribution < 1.29 is 10.2 Å². The third-order valence-electron chi connectivity index (χ3n) is 3.87. The molecule has 0 aliphatic heterocycles. The van der Waals surface area contributed by atoms with E-state index in [4.69, 9.17) is 0 Å². The van der Waals surface area contributed by atoms with Gasteiger partial charge < -0.3 is 10.2 Å². The number of rotatable bonds is 3. The van der Waals surface area contributed by atoms with Crippen molar-refractivity contribution in [3.05, 3.63) is 0 Å². The lowest BCUT2D eigenvalue weighted by Crippen LogP contribution is -2.41. The molecule has 13 heavy (non-hydrogen) atoms. The summed E-state index contributed by atoms with van der Waals surface area (Å²) in [6.07, 6.45) is 7.98. The highest BCUT2D eigenvalue weighted by molar-refractivity contribution is 4.92. The second-order valence-corrected chi connectivity index (χ2v) is 4.86. The molecule has 2 rings (SSSR count). The van der Waals surface area contributed by atoms with Gasteiger partial charge in [-0.3, -0.25) is 0 Å². The van der Waals surface area contributed by atoms with Crippen LogP contribution in [-0.4, -0.2) is 21.9 Å². The molecule has 2 N–H and O–H groups in total. The van der Waals surface area contributed by atoms with Gasteiger partial charge in [0, 0.05) is 0 Å². The molecular formula is C11H20O2. The van der Waals surface area contributed by atoms with E-state index in [1.165, 1.54) is 19.3 Å². The average molecular weight is 184 g/mol. The van der Waals surface area contributed by atoms with Gasteiger partial charge in [-0.2, -0.15) is 0 Å². The van der Waals surface area contributed by atoms with Crippen LogP contribution in [0, 0.1) is 5.92 Å². The molecule has 1 atom stereocenters. The highest BCUT2D eigenvalue weighted by atomic mass is 16.3. The van der Waals surface area contributed by atoms with E-state index in [9.17, 15) is 10.2 Å². The summed E-state index contributed by atoms with van der Waals surface area (Å²) in [6.45, 7) is 0. The van der Waals surface area contributed by atoms with Gasteiger partial charge in [0.2, 0.25) is 0 Å². The van der Waals surface area contributed by atoms with Crippen molar-refractivity contribution in [2.24, 2.45) is 5.92 Å². The number of hydrogen-bond donors (Lipinski definition) is 2. The molecule has 0 aromatic rings. The first-order valence-electron chi connectivity index (χ1n) is 5.61. The maximum Gasteiger partial charge on any atom is 0.0905 e. The normalized spacial score (nSPS) is 30.0. The quantitative estimate of drug-likeness (QED) is 0.702. The largest absolute Gasteiger partial charge is 0.390 e. The van der Waals surface area contributed by atoms with Gasteiger partial charge in [0.15, 0.2) is 0 Å². The van der Waals surface area contributed by atoms with Crippen LogP contribution in [0.15, 0.2) is 0 Å². The van der Waals surface area contributed by atoms with Crippen LogP contribution in [0.5, 0.6) is 0 Å². The van der Waals surface area contributed by atoms with Crippen LogP contribution in [0.2, 0.25) is 0 Å². The van der Waals surface area contributed by atoms with Gasteiger partial charge in [0.05, 0.1) is 11.7 Å². The molecule has 2 fully saturated rings. The lowest BCUT2D eigenvalue weighted by Gasteiger charge is -2.34. The van der Waals surface area contributed by atoms with Crippen LogP contribution in [-0.2, 0) is 0 Å². The summed E-state index contributed by atoms with van der Waals surface area (Å²) in [5.74, 6) is 0.694. The Kier molecular flexibility index (Phi) is 2.61. The van der Waals surface area contributed by atoms with Gasteiger partial charge >= 0.3 is 0 Å². The predicted molar refractivity (Wildman–Crippen MR) is 51.4 cm³/mol. The van der Waals surface area contributed by atoms with Gasteiger partial charge in [-0.15, -0.1) is 0 Å². The molecule has 2 aliphatic rings. The molecule has 2 aliphatic carbocycles. The third-order valence-corrected chi connectivity index (χ3v) is 3.87. The van der Waals surface area contributed by atoms with Crippen molar-refractivity contribution in [1.29, 1.82) is 0 Å². The Morgan fingerprint density at radius 3 is 2.23 bits per heavy atom.